The minimum Gasteiger partial charge on any atom is -0.374 e. The maximum atomic E-state index is 13.5. The first-order valence-electron chi connectivity index (χ1n) is 8.65. The first-order valence-corrected chi connectivity index (χ1v) is 8.65. The molecule has 1 saturated carbocycles. The lowest BCUT2D eigenvalue weighted by Gasteiger charge is -2.45. The number of carbonyl (C=O) groups excluding carboxylic acids is 2. The number of anilines is 1. The van der Waals surface area contributed by atoms with E-state index >= 15 is 0 Å². The zero-order chi connectivity index (χ0) is 16.7. The number of nitrogens with zero attached hydrogens (tertiary/aromatic N) is 1. The Bertz CT molecular complexity index is 676. The first-order chi connectivity index (χ1) is 11.6. The van der Waals surface area contributed by atoms with Crippen LogP contribution in [-0.2, 0) is 14.3 Å². The van der Waals surface area contributed by atoms with E-state index in [-0.39, 0.29) is 30.4 Å². The van der Waals surface area contributed by atoms with E-state index < -0.39 is 11.7 Å². The molecule has 6 heteroatoms. The number of carbonyl (C=O) groups is 2. The van der Waals surface area contributed by atoms with Crippen LogP contribution in [0.25, 0.3) is 0 Å². The maximum absolute atomic E-state index is 13.5. The Morgan fingerprint density at radius 1 is 1.29 bits per heavy atom. The van der Waals surface area contributed by atoms with E-state index in [4.69, 9.17) is 4.74 Å². The van der Waals surface area contributed by atoms with Gasteiger partial charge in [0.1, 0.15) is 5.82 Å². The maximum Gasteiger partial charge on any atom is 0.231 e. The van der Waals surface area contributed by atoms with Crippen LogP contribution in [0.3, 0.4) is 0 Å². The van der Waals surface area contributed by atoms with Gasteiger partial charge in [0.05, 0.1) is 24.7 Å². The molecule has 3 unspecified atom stereocenters. The van der Waals surface area contributed by atoms with Crippen molar-refractivity contribution in [3.05, 3.63) is 29.6 Å². The number of morpholine rings is 1. The van der Waals surface area contributed by atoms with Crippen molar-refractivity contribution in [3.8, 4) is 0 Å². The smallest absolute Gasteiger partial charge is 0.231 e. The Balaban J connectivity index is 1.63. The third-order valence-electron chi connectivity index (χ3n) is 5.37. The van der Waals surface area contributed by atoms with E-state index in [1.165, 1.54) is 12.1 Å². The largest absolute Gasteiger partial charge is 0.374 e. The van der Waals surface area contributed by atoms with E-state index in [1.54, 1.807) is 6.07 Å². The molecule has 3 aliphatic rings. The van der Waals surface area contributed by atoms with Crippen molar-refractivity contribution in [1.29, 1.82) is 0 Å². The zero-order valence-electron chi connectivity index (χ0n) is 13.5. The van der Waals surface area contributed by atoms with Gasteiger partial charge in [-0.15, -0.1) is 0 Å². The van der Waals surface area contributed by atoms with Crippen LogP contribution < -0.4 is 5.32 Å². The van der Waals surface area contributed by atoms with Gasteiger partial charge >= 0.3 is 0 Å². The Morgan fingerprint density at radius 2 is 2.12 bits per heavy atom. The Hall–Kier alpha value is -1.95. The normalized spacial score (nSPS) is 29.5. The van der Waals surface area contributed by atoms with E-state index in [0.29, 0.717) is 24.4 Å². The van der Waals surface area contributed by atoms with Crippen LogP contribution in [0.4, 0.5) is 10.1 Å². The summed E-state index contributed by atoms with van der Waals surface area (Å²) in [6.07, 6.45) is 4.40. The Labute approximate surface area is 140 Å². The van der Waals surface area contributed by atoms with Gasteiger partial charge in [0.25, 0.3) is 0 Å². The van der Waals surface area contributed by atoms with Crippen molar-refractivity contribution < 1.29 is 18.7 Å². The highest BCUT2D eigenvalue weighted by Gasteiger charge is 2.41. The summed E-state index contributed by atoms with van der Waals surface area (Å²) in [6.45, 7) is 1.11. The van der Waals surface area contributed by atoms with Gasteiger partial charge in [-0.3, -0.25) is 9.59 Å². The average molecular weight is 332 g/mol. The molecule has 0 spiro atoms. The van der Waals surface area contributed by atoms with Crippen LogP contribution in [0.1, 0.15) is 43.6 Å². The van der Waals surface area contributed by atoms with Gasteiger partial charge in [0.15, 0.2) is 0 Å². The minimum atomic E-state index is -0.532. The fourth-order valence-electron chi connectivity index (χ4n) is 4.23. The number of fused-ring (bicyclic) bond motifs is 2. The van der Waals surface area contributed by atoms with Gasteiger partial charge in [0.2, 0.25) is 11.8 Å². The molecule has 5 nitrogen and oxygen atoms in total. The van der Waals surface area contributed by atoms with Crippen molar-refractivity contribution in [3.63, 3.8) is 0 Å². The number of amides is 2. The number of ether oxygens (including phenoxy) is 1. The second-order valence-corrected chi connectivity index (χ2v) is 6.83. The van der Waals surface area contributed by atoms with Crippen LogP contribution in [0.15, 0.2) is 18.2 Å². The number of rotatable bonds is 1. The second-order valence-electron chi connectivity index (χ2n) is 6.83. The van der Waals surface area contributed by atoms with Crippen molar-refractivity contribution in [2.75, 3.05) is 18.5 Å². The van der Waals surface area contributed by atoms with Crippen molar-refractivity contribution >= 4 is 17.5 Å². The van der Waals surface area contributed by atoms with E-state index in [0.717, 1.165) is 25.7 Å². The number of halogens is 1. The number of hydrogen-bond donors (Lipinski definition) is 1. The second kappa shape index (κ2) is 6.16. The molecule has 1 N–H and O–H groups in total. The zero-order valence-corrected chi connectivity index (χ0v) is 13.5. The van der Waals surface area contributed by atoms with E-state index in [1.807, 2.05) is 4.90 Å². The lowest BCUT2D eigenvalue weighted by molar-refractivity contribution is -0.152. The highest BCUT2D eigenvalue weighted by atomic mass is 19.1. The van der Waals surface area contributed by atoms with Crippen LogP contribution in [0.2, 0.25) is 0 Å². The molecular formula is C18H21FN2O3. The van der Waals surface area contributed by atoms with E-state index in [9.17, 15) is 14.0 Å². The fraction of sp³-hybridized carbons (Fsp3) is 0.556. The summed E-state index contributed by atoms with van der Waals surface area (Å²) in [6, 6.07) is 4.36. The van der Waals surface area contributed by atoms with E-state index in [2.05, 4.69) is 5.32 Å². The molecule has 2 aliphatic heterocycles. The molecule has 0 bridgehead atoms. The highest BCUT2D eigenvalue weighted by Crippen LogP contribution is 2.37. The SMILES string of the molecule is O=C1CC(C(=O)N2CCOC3CCCCC32)c2ccc(F)cc2N1. The molecule has 3 atom stereocenters. The molecule has 1 aromatic carbocycles. The quantitative estimate of drug-likeness (QED) is 0.859. The summed E-state index contributed by atoms with van der Waals surface area (Å²) in [4.78, 5) is 27.1. The third-order valence-corrected chi connectivity index (χ3v) is 5.37. The topological polar surface area (TPSA) is 58.6 Å². The summed E-state index contributed by atoms with van der Waals surface area (Å²) in [5.41, 5.74) is 1.12. The lowest BCUT2D eigenvalue weighted by atomic mass is 9.86. The van der Waals surface area contributed by atoms with Gasteiger partial charge < -0.3 is 15.0 Å². The lowest BCUT2D eigenvalue weighted by Crippen LogP contribution is -2.56. The van der Waals surface area contributed by atoms with Gasteiger partial charge in [-0.05, 0) is 30.5 Å². The average Bonchev–Trinajstić information content (AvgIpc) is 2.59. The van der Waals surface area contributed by atoms with Crippen LogP contribution in [0.5, 0.6) is 0 Å². The molecule has 1 saturated heterocycles. The minimum absolute atomic E-state index is 0.0297. The Kier molecular flexibility index (Phi) is 4.00. The van der Waals surface area contributed by atoms with Gasteiger partial charge in [-0.25, -0.2) is 4.39 Å². The van der Waals surface area contributed by atoms with Gasteiger partial charge in [0, 0.05) is 18.7 Å². The van der Waals surface area contributed by atoms with Crippen molar-refractivity contribution in [1.82, 2.24) is 4.90 Å². The van der Waals surface area contributed by atoms with Crippen LogP contribution >= 0.6 is 0 Å². The molecule has 2 heterocycles. The van der Waals surface area contributed by atoms with Crippen LogP contribution in [0, 0.1) is 5.82 Å². The number of nitrogens with one attached hydrogen (secondary N) is 1. The molecular weight excluding hydrogens is 311 g/mol. The predicted octanol–water partition coefficient (Wildman–Crippen LogP) is 2.42. The predicted molar refractivity (Wildman–Crippen MR) is 86.1 cm³/mol. The van der Waals surface area contributed by atoms with Gasteiger partial charge in [-0.1, -0.05) is 18.9 Å². The molecule has 1 aromatic rings. The monoisotopic (exact) mass is 332 g/mol. The Morgan fingerprint density at radius 3 is 3.00 bits per heavy atom. The van der Waals surface area contributed by atoms with Crippen LogP contribution in [-0.4, -0.2) is 42.0 Å². The third kappa shape index (κ3) is 2.69. The first kappa shape index (κ1) is 15.6. The summed E-state index contributed by atoms with van der Waals surface area (Å²) < 4.78 is 19.3. The standard InChI is InChI=1S/C18H21FN2O3/c19-11-5-6-12-13(10-17(22)20-14(12)9-11)18(23)21-7-8-24-16-4-2-1-3-15(16)21/h5-6,9,13,15-16H,1-4,7-8,10H2,(H,20,22). The molecule has 128 valence electrons. The molecule has 2 fully saturated rings. The number of hydrogen-bond acceptors (Lipinski definition) is 3. The molecule has 2 amide bonds. The summed E-state index contributed by atoms with van der Waals surface area (Å²) in [5.74, 6) is -1.21. The summed E-state index contributed by atoms with van der Waals surface area (Å²) in [5, 5.41) is 2.67. The van der Waals surface area contributed by atoms with Crippen molar-refractivity contribution in [2.45, 2.75) is 50.2 Å². The molecule has 0 aromatic heterocycles. The fourth-order valence-corrected chi connectivity index (χ4v) is 4.23. The van der Waals surface area contributed by atoms with Gasteiger partial charge in [-0.2, -0.15) is 0 Å². The number of benzene rings is 1. The molecule has 1 aliphatic carbocycles. The molecule has 0 radical (unpaired) electrons. The highest BCUT2D eigenvalue weighted by molar-refractivity contribution is 6.01. The van der Waals surface area contributed by atoms with Crippen molar-refractivity contribution in [2.24, 2.45) is 0 Å². The molecule has 4 rings (SSSR count). The summed E-state index contributed by atoms with van der Waals surface area (Å²) in [7, 11) is 0. The molecule has 24 heavy (non-hydrogen) atoms. The summed E-state index contributed by atoms with van der Waals surface area (Å²) >= 11 is 0.